The van der Waals surface area contributed by atoms with Gasteiger partial charge in [-0.05, 0) is 38.5 Å². The van der Waals surface area contributed by atoms with Crippen LogP contribution in [0.5, 0.6) is 0 Å². The van der Waals surface area contributed by atoms with Gasteiger partial charge in [-0.3, -0.25) is 0 Å². The van der Waals surface area contributed by atoms with Gasteiger partial charge in [-0.2, -0.15) is 5.26 Å². The molecule has 0 aromatic rings. The van der Waals surface area contributed by atoms with Gasteiger partial charge in [-0.25, -0.2) is 0 Å². The van der Waals surface area contributed by atoms with Crippen LogP contribution >= 0.6 is 0 Å². The van der Waals surface area contributed by atoms with E-state index < -0.39 is 5.60 Å². The monoisotopic (exact) mass is 209 g/mol. The molecule has 0 heterocycles. The Morgan fingerprint density at radius 3 is 2.73 bits per heavy atom. The third kappa shape index (κ3) is 3.50. The molecule has 1 saturated carbocycles. The first-order valence-electron chi connectivity index (χ1n) is 6.31. The number of nitriles is 1. The maximum absolute atomic E-state index is 9.24. The van der Waals surface area contributed by atoms with Gasteiger partial charge in [0.15, 0.2) is 5.60 Å². The Morgan fingerprint density at radius 2 is 2.13 bits per heavy atom. The van der Waals surface area contributed by atoms with Crippen LogP contribution in [0.25, 0.3) is 0 Å². The number of rotatable bonds is 4. The molecule has 2 unspecified atom stereocenters. The van der Waals surface area contributed by atoms with E-state index in [0.29, 0.717) is 6.61 Å². The maximum atomic E-state index is 9.24. The second-order valence-electron chi connectivity index (χ2n) is 4.62. The molecule has 0 bridgehead atoms. The van der Waals surface area contributed by atoms with Crippen LogP contribution in [0.1, 0.15) is 58.8 Å². The van der Waals surface area contributed by atoms with Crippen molar-refractivity contribution in [2.75, 3.05) is 6.61 Å². The van der Waals surface area contributed by atoms with Gasteiger partial charge < -0.3 is 4.74 Å². The van der Waals surface area contributed by atoms with E-state index >= 15 is 0 Å². The molecular formula is C13H23NO. The van der Waals surface area contributed by atoms with Gasteiger partial charge in [-0.1, -0.05) is 26.2 Å². The Hall–Kier alpha value is -0.550. The van der Waals surface area contributed by atoms with Gasteiger partial charge in [0.1, 0.15) is 0 Å². The van der Waals surface area contributed by atoms with Crippen molar-refractivity contribution in [3.8, 4) is 6.07 Å². The fourth-order valence-electron chi connectivity index (χ4n) is 2.64. The van der Waals surface area contributed by atoms with Crippen molar-refractivity contribution in [2.45, 2.75) is 64.4 Å². The summed E-state index contributed by atoms with van der Waals surface area (Å²) >= 11 is 0. The lowest BCUT2D eigenvalue weighted by Crippen LogP contribution is -2.30. The van der Waals surface area contributed by atoms with Gasteiger partial charge in [0.2, 0.25) is 0 Å². The Kier molecular flexibility index (Phi) is 5.11. The minimum atomic E-state index is -0.461. The molecule has 15 heavy (non-hydrogen) atoms. The highest BCUT2D eigenvalue weighted by atomic mass is 16.5. The lowest BCUT2D eigenvalue weighted by Gasteiger charge is -2.24. The Balaban J connectivity index is 2.53. The smallest absolute Gasteiger partial charge is 0.154 e. The van der Waals surface area contributed by atoms with E-state index in [4.69, 9.17) is 4.74 Å². The molecule has 0 N–H and O–H groups in total. The molecule has 1 aliphatic carbocycles. The third-order valence-corrected chi connectivity index (χ3v) is 3.47. The first kappa shape index (κ1) is 12.5. The summed E-state index contributed by atoms with van der Waals surface area (Å²) in [4.78, 5) is 0. The first-order chi connectivity index (χ1) is 7.26. The summed E-state index contributed by atoms with van der Waals surface area (Å²) in [5.41, 5.74) is -0.461. The molecule has 2 heteroatoms. The van der Waals surface area contributed by atoms with Crippen molar-refractivity contribution in [1.82, 2.24) is 0 Å². The quantitative estimate of drug-likeness (QED) is 0.662. The molecule has 0 radical (unpaired) electrons. The lowest BCUT2D eigenvalue weighted by atomic mass is 9.93. The predicted molar refractivity (Wildman–Crippen MR) is 61.5 cm³/mol. The Morgan fingerprint density at radius 1 is 1.33 bits per heavy atom. The molecule has 0 amide bonds. The molecule has 1 aliphatic rings. The Labute approximate surface area is 93.6 Å². The van der Waals surface area contributed by atoms with E-state index in [-0.39, 0.29) is 0 Å². The van der Waals surface area contributed by atoms with Gasteiger partial charge in [0.25, 0.3) is 0 Å². The second kappa shape index (κ2) is 6.12. The van der Waals surface area contributed by atoms with Crippen molar-refractivity contribution in [3.05, 3.63) is 0 Å². The van der Waals surface area contributed by atoms with Gasteiger partial charge in [0, 0.05) is 6.61 Å². The number of hydrogen-bond acceptors (Lipinski definition) is 2. The highest BCUT2D eigenvalue weighted by Gasteiger charge is 2.33. The van der Waals surface area contributed by atoms with Crippen molar-refractivity contribution in [1.29, 1.82) is 5.26 Å². The normalized spacial score (nSPS) is 31.9. The molecule has 0 aromatic carbocycles. The first-order valence-corrected chi connectivity index (χ1v) is 6.31. The zero-order valence-electron chi connectivity index (χ0n) is 10.1. The summed E-state index contributed by atoms with van der Waals surface area (Å²) in [7, 11) is 0. The largest absolute Gasteiger partial charge is 0.360 e. The molecule has 0 aromatic heterocycles. The van der Waals surface area contributed by atoms with Crippen LogP contribution in [-0.4, -0.2) is 12.2 Å². The predicted octanol–water partition coefficient (Wildman–Crippen LogP) is 3.67. The van der Waals surface area contributed by atoms with Gasteiger partial charge >= 0.3 is 0 Å². The second-order valence-corrected chi connectivity index (χ2v) is 4.62. The number of ether oxygens (including phenoxy) is 1. The molecule has 2 atom stereocenters. The molecule has 0 aliphatic heterocycles. The lowest BCUT2D eigenvalue weighted by molar-refractivity contribution is -0.00634. The summed E-state index contributed by atoms with van der Waals surface area (Å²) in [5.74, 6) is 0.825. The van der Waals surface area contributed by atoms with E-state index in [1.165, 1.54) is 25.7 Å². The topological polar surface area (TPSA) is 33.0 Å². The highest BCUT2D eigenvalue weighted by Crippen LogP contribution is 2.34. The van der Waals surface area contributed by atoms with Crippen LogP contribution in [0.3, 0.4) is 0 Å². The number of hydrogen-bond donors (Lipinski definition) is 0. The standard InChI is InChI=1S/C13H23NO/c1-3-6-12-7-5-9-13(11-14,10-8-12)15-4-2/h12H,3-10H2,1-2H3. The van der Waals surface area contributed by atoms with E-state index in [0.717, 1.165) is 25.2 Å². The zero-order chi connectivity index (χ0) is 11.1. The third-order valence-electron chi connectivity index (χ3n) is 3.47. The van der Waals surface area contributed by atoms with E-state index in [1.54, 1.807) is 0 Å². The average molecular weight is 209 g/mol. The van der Waals surface area contributed by atoms with Crippen molar-refractivity contribution < 1.29 is 4.74 Å². The SMILES string of the molecule is CCCC1CCCC(C#N)(OCC)CC1. The van der Waals surface area contributed by atoms with Crippen LogP contribution in [0.4, 0.5) is 0 Å². The Bertz CT molecular complexity index is 221. The van der Waals surface area contributed by atoms with Crippen molar-refractivity contribution in [3.63, 3.8) is 0 Å². The molecule has 2 nitrogen and oxygen atoms in total. The molecule has 0 saturated heterocycles. The molecule has 86 valence electrons. The van der Waals surface area contributed by atoms with Crippen LogP contribution in [0.15, 0.2) is 0 Å². The number of nitrogens with zero attached hydrogens (tertiary/aromatic N) is 1. The summed E-state index contributed by atoms with van der Waals surface area (Å²) in [6, 6.07) is 2.40. The van der Waals surface area contributed by atoms with Gasteiger partial charge in [-0.15, -0.1) is 0 Å². The van der Waals surface area contributed by atoms with Crippen molar-refractivity contribution >= 4 is 0 Å². The van der Waals surface area contributed by atoms with Crippen LogP contribution in [0.2, 0.25) is 0 Å². The summed E-state index contributed by atoms with van der Waals surface area (Å²) < 4.78 is 5.66. The minimum absolute atomic E-state index is 0.461. The average Bonchev–Trinajstić information content (AvgIpc) is 2.44. The molecule has 1 fully saturated rings. The zero-order valence-corrected chi connectivity index (χ0v) is 10.1. The molecular weight excluding hydrogens is 186 g/mol. The van der Waals surface area contributed by atoms with Crippen LogP contribution in [0, 0.1) is 17.2 Å². The van der Waals surface area contributed by atoms with Crippen LogP contribution in [-0.2, 0) is 4.74 Å². The molecule has 1 rings (SSSR count). The fourth-order valence-corrected chi connectivity index (χ4v) is 2.64. The van der Waals surface area contributed by atoms with Crippen LogP contribution < -0.4 is 0 Å². The maximum Gasteiger partial charge on any atom is 0.154 e. The fraction of sp³-hybridized carbons (Fsp3) is 0.923. The highest BCUT2D eigenvalue weighted by molar-refractivity contribution is 5.03. The summed E-state index contributed by atoms with van der Waals surface area (Å²) in [6.07, 6.45) is 8.04. The molecule has 0 spiro atoms. The van der Waals surface area contributed by atoms with Gasteiger partial charge in [0.05, 0.1) is 6.07 Å². The summed E-state index contributed by atoms with van der Waals surface area (Å²) in [5, 5.41) is 9.24. The summed E-state index contributed by atoms with van der Waals surface area (Å²) in [6.45, 7) is 4.88. The van der Waals surface area contributed by atoms with E-state index in [9.17, 15) is 5.26 Å². The van der Waals surface area contributed by atoms with E-state index in [2.05, 4.69) is 13.0 Å². The minimum Gasteiger partial charge on any atom is -0.360 e. The van der Waals surface area contributed by atoms with E-state index in [1.807, 2.05) is 6.92 Å². The van der Waals surface area contributed by atoms with Crippen molar-refractivity contribution in [2.24, 2.45) is 5.92 Å².